The van der Waals surface area contributed by atoms with Gasteiger partial charge in [0.25, 0.3) is 0 Å². The molecule has 1 aromatic carbocycles. The van der Waals surface area contributed by atoms with Gasteiger partial charge in [0.15, 0.2) is 0 Å². The van der Waals surface area contributed by atoms with Crippen molar-refractivity contribution < 1.29 is 24.0 Å². The Kier molecular flexibility index (Phi) is 5.13. The summed E-state index contributed by atoms with van der Waals surface area (Å²) in [7, 11) is 1.18. The van der Waals surface area contributed by atoms with Gasteiger partial charge >= 0.3 is 17.5 Å². The van der Waals surface area contributed by atoms with Crippen LogP contribution >= 0.6 is 0 Å². The van der Waals surface area contributed by atoms with Gasteiger partial charge in [0.1, 0.15) is 0 Å². The smallest absolute Gasteiger partial charge is 0.390 e. The lowest BCUT2D eigenvalue weighted by Crippen LogP contribution is -2.47. The highest BCUT2D eigenvalue weighted by Gasteiger charge is 2.59. The molecule has 0 N–H and O–H groups in total. The summed E-state index contributed by atoms with van der Waals surface area (Å²) in [6.07, 6.45) is 2.44. The summed E-state index contributed by atoms with van der Waals surface area (Å²) in [5.41, 5.74) is -1.32. The van der Waals surface area contributed by atoms with Gasteiger partial charge in [0.2, 0.25) is 0 Å². The van der Waals surface area contributed by atoms with E-state index in [2.05, 4.69) is 4.74 Å². The van der Waals surface area contributed by atoms with Crippen LogP contribution in [0.5, 0.6) is 0 Å². The molecular weight excluding hydrogens is 314 g/mol. The maximum Gasteiger partial charge on any atom is 0.390 e. The van der Waals surface area contributed by atoms with Crippen LogP contribution in [-0.2, 0) is 19.1 Å². The van der Waals surface area contributed by atoms with Gasteiger partial charge in [-0.3, -0.25) is 10.1 Å². The molecule has 1 aliphatic rings. The topological polar surface area (TPSA) is 95.7 Å². The molecule has 126 valence electrons. The molecule has 0 radical (unpaired) electrons. The SMILES string of the molecule is CCOC(=O)C1([N+](=O)[O-])CC(C(=O)OC)=C/C1=C/c1ccccc1. The van der Waals surface area contributed by atoms with Crippen molar-refractivity contribution in [2.24, 2.45) is 0 Å². The molecule has 1 aromatic rings. The predicted molar refractivity (Wildman–Crippen MR) is 85.5 cm³/mol. The van der Waals surface area contributed by atoms with Gasteiger partial charge in [-0.1, -0.05) is 30.3 Å². The number of benzene rings is 1. The van der Waals surface area contributed by atoms with E-state index in [-0.39, 0.29) is 17.8 Å². The number of hydrogen-bond donors (Lipinski definition) is 0. The number of carbonyl (C=O) groups excluding carboxylic acids is 2. The molecule has 0 amide bonds. The van der Waals surface area contributed by atoms with E-state index in [1.54, 1.807) is 37.3 Å². The van der Waals surface area contributed by atoms with Crippen LogP contribution in [0.1, 0.15) is 18.9 Å². The summed E-state index contributed by atoms with van der Waals surface area (Å²) in [4.78, 5) is 35.3. The minimum atomic E-state index is -2.14. The Labute approximate surface area is 138 Å². The van der Waals surface area contributed by atoms with E-state index in [1.165, 1.54) is 19.3 Å². The molecule has 1 atom stereocenters. The minimum Gasteiger partial charge on any atom is -0.466 e. The Morgan fingerprint density at radius 2 is 2.00 bits per heavy atom. The van der Waals surface area contributed by atoms with Gasteiger partial charge in [-0.15, -0.1) is 0 Å². The summed E-state index contributed by atoms with van der Waals surface area (Å²) >= 11 is 0. The average Bonchev–Trinajstić information content (AvgIpc) is 2.96. The first kappa shape index (κ1) is 17.4. The molecule has 0 saturated heterocycles. The van der Waals surface area contributed by atoms with Crippen LogP contribution in [0.25, 0.3) is 6.08 Å². The van der Waals surface area contributed by atoms with Crippen LogP contribution in [0.15, 0.2) is 47.6 Å². The van der Waals surface area contributed by atoms with Crippen molar-refractivity contribution in [3.8, 4) is 0 Å². The van der Waals surface area contributed by atoms with Crippen molar-refractivity contribution in [3.63, 3.8) is 0 Å². The Morgan fingerprint density at radius 3 is 2.54 bits per heavy atom. The zero-order chi connectivity index (χ0) is 17.7. The van der Waals surface area contributed by atoms with Gasteiger partial charge in [0, 0.05) is 16.1 Å². The summed E-state index contributed by atoms with van der Waals surface area (Å²) in [5.74, 6) is -1.70. The Bertz CT molecular complexity index is 722. The van der Waals surface area contributed by atoms with Crippen molar-refractivity contribution in [1.29, 1.82) is 0 Å². The third-order valence-electron chi connectivity index (χ3n) is 3.75. The maximum atomic E-state index is 12.4. The van der Waals surface area contributed by atoms with Gasteiger partial charge in [0.05, 0.1) is 20.1 Å². The maximum absolute atomic E-state index is 12.4. The first-order valence-electron chi connectivity index (χ1n) is 7.33. The molecule has 0 aliphatic heterocycles. The number of nitro groups is 1. The first-order chi connectivity index (χ1) is 11.5. The lowest BCUT2D eigenvalue weighted by molar-refractivity contribution is -0.541. The Balaban J connectivity index is 2.59. The van der Waals surface area contributed by atoms with Crippen LogP contribution in [-0.4, -0.2) is 36.1 Å². The lowest BCUT2D eigenvalue weighted by atomic mass is 9.90. The highest BCUT2D eigenvalue weighted by Crippen LogP contribution is 2.39. The number of esters is 2. The normalized spacial score (nSPS) is 21.2. The Morgan fingerprint density at radius 1 is 1.33 bits per heavy atom. The fourth-order valence-electron chi connectivity index (χ4n) is 2.57. The zero-order valence-electron chi connectivity index (χ0n) is 13.4. The van der Waals surface area contributed by atoms with Crippen molar-refractivity contribution in [1.82, 2.24) is 0 Å². The van der Waals surface area contributed by atoms with E-state index < -0.39 is 28.8 Å². The molecule has 24 heavy (non-hydrogen) atoms. The number of nitrogens with zero attached hydrogens (tertiary/aromatic N) is 1. The second-order valence-corrected chi connectivity index (χ2v) is 5.19. The van der Waals surface area contributed by atoms with Gasteiger partial charge in [-0.25, -0.2) is 9.59 Å². The Hall–Kier alpha value is -2.96. The fraction of sp³-hybridized carbons (Fsp3) is 0.294. The molecule has 0 heterocycles. The molecule has 7 nitrogen and oxygen atoms in total. The molecule has 0 aromatic heterocycles. The number of hydrogen-bond acceptors (Lipinski definition) is 6. The van der Waals surface area contributed by atoms with E-state index in [4.69, 9.17) is 4.74 Å². The molecule has 7 heteroatoms. The average molecular weight is 331 g/mol. The summed E-state index contributed by atoms with van der Waals surface area (Å²) < 4.78 is 9.55. The second-order valence-electron chi connectivity index (χ2n) is 5.19. The first-order valence-corrected chi connectivity index (χ1v) is 7.33. The third-order valence-corrected chi connectivity index (χ3v) is 3.75. The second kappa shape index (κ2) is 7.08. The standard InChI is InChI=1S/C17H17NO6/c1-3-24-16(20)17(18(21)22)11-13(15(19)23-2)10-14(17)9-12-7-5-4-6-8-12/h4-10H,3,11H2,1-2H3/b14-9-. The number of ether oxygens (including phenoxy) is 2. The zero-order valence-corrected chi connectivity index (χ0v) is 13.4. The van der Waals surface area contributed by atoms with Gasteiger partial charge in [-0.2, -0.15) is 0 Å². The molecule has 0 saturated carbocycles. The number of rotatable bonds is 5. The van der Waals surface area contributed by atoms with Crippen LogP contribution < -0.4 is 0 Å². The van der Waals surface area contributed by atoms with E-state index in [0.29, 0.717) is 5.56 Å². The highest BCUT2D eigenvalue weighted by molar-refractivity contribution is 5.97. The monoisotopic (exact) mass is 331 g/mol. The predicted octanol–water partition coefficient (Wildman–Crippen LogP) is 2.15. The molecular formula is C17H17NO6. The molecule has 0 spiro atoms. The van der Waals surface area contributed by atoms with Crippen molar-refractivity contribution in [2.45, 2.75) is 18.9 Å². The quantitative estimate of drug-likeness (QED) is 0.466. The molecule has 1 aliphatic carbocycles. The summed E-state index contributed by atoms with van der Waals surface area (Å²) in [6, 6.07) is 8.83. The van der Waals surface area contributed by atoms with Crippen molar-refractivity contribution in [3.05, 3.63) is 63.2 Å². The van der Waals surface area contributed by atoms with E-state index in [0.717, 1.165) is 0 Å². The molecule has 0 bridgehead atoms. The van der Waals surface area contributed by atoms with Crippen LogP contribution in [0.2, 0.25) is 0 Å². The molecule has 0 fully saturated rings. The van der Waals surface area contributed by atoms with Crippen molar-refractivity contribution >= 4 is 18.0 Å². The minimum absolute atomic E-state index is 0.000593. The summed E-state index contributed by atoms with van der Waals surface area (Å²) in [5, 5.41) is 11.8. The number of methoxy groups -OCH3 is 1. The van der Waals surface area contributed by atoms with Crippen LogP contribution in [0.4, 0.5) is 0 Å². The van der Waals surface area contributed by atoms with E-state index in [1.807, 2.05) is 0 Å². The third kappa shape index (κ3) is 3.05. The molecule has 1 unspecified atom stereocenters. The lowest BCUT2D eigenvalue weighted by Gasteiger charge is -2.20. The van der Waals surface area contributed by atoms with Crippen LogP contribution in [0, 0.1) is 10.1 Å². The largest absolute Gasteiger partial charge is 0.466 e. The fourth-order valence-corrected chi connectivity index (χ4v) is 2.57. The molecule has 2 rings (SSSR count). The summed E-state index contributed by atoms with van der Waals surface area (Å²) in [6.45, 7) is 1.57. The highest BCUT2D eigenvalue weighted by atomic mass is 16.6. The van der Waals surface area contributed by atoms with E-state index >= 15 is 0 Å². The van der Waals surface area contributed by atoms with Gasteiger partial charge in [-0.05, 0) is 24.6 Å². The van der Waals surface area contributed by atoms with Crippen molar-refractivity contribution in [2.75, 3.05) is 13.7 Å². The number of carbonyl (C=O) groups is 2. The van der Waals surface area contributed by atoms with Gasteiger partial charge < -0.3 is 9.47 Å². The van der Waals surface area contributed by atoms with Crippen LogP contribution in [0.3, 0.4) is 0 Å². The van der Waals surface area contributed by atoms with E-state index in [9.17, 15) is 19.7 Å².